The number of hydrogen-bond acceptors (Lipinski definition) is 8. The number of nitro groups is 1. The first-order valence-electron chi connectivity index (χ1n) is 10.9. The first-order valence-corrected chi connectivity index (χ1v) is 11.2. The van der Waals surface area contributed by atoms with Gasteiger partial charge in [0.2, 0.25) is 17.7 Å². The molecule has 0 radical (unpaired) electrons. The molecule has 182 valence electrons. The Kier molecular flexibility index (Phi) is 5.59. The van der Waals surface area contributed by atoms with E-state index < -0.39 is 52.2 Å². The van der Waals surface area contributed by atoms with E-state index in [4.69, 9.17) is 16.3 Å². The maximum absolute atomic E-state index is 13.6. The number of anilines is 1. The van der Waals surface area contributed by atoms with Crippen molar-refractivity contribution in [3.8, 4) is 0 Å². The summed E-state index contributed by atoms with van der Waals surface area (Å²) in [7, 11) is 1.43. The van der Waals surface area contributed by atoms with Crippen molar-refractivity contribution in [1.29, 1.82) is 0 Å². The number of benzene rings is 2. The van der Waals surface area contributed by atoms with Crippen molar-refractivity contribution in [3.05, 3.63) is 68.7 Å². The van der Waals surface area contributed by atoms with Gasteiger partial charge in [-0.05, 0) is 23.8 Å². The third kappa shape index (κ3) is 3.34. The molecule has 11 nitrogen and oxygen atoms in total. The van der Waals surface area contributed by atoms with Crippen molar-refractivity contribution in [2.75, 3.05) is 25.6 Å². The third-order valence-electron chi connectivity index (χ3n) is 7.01. The van der Waals surface area contributed by atoms with Crippen LogP contribution in [0, 0.1) is 22.0 Å². The van der Waals surface area contributed by atoms with Gasteiger partial charge in [0.1, 0.15) is 5.54 Å². The zero-order valence-electron chi connectivity index (χ0n) is 18.4. The van der Waals surface area contributed by atoms with Crippen LogP contribution in [0.15, 0.2) is 42.5 Å². The minimum atomic E-state index is -1.78. The van der Waals surface area contributed by atoms with Crippen LogP contribution in [0.2, 0.25) is 5.02 Å². The molecule has 35 heavy (non-hydrogen) atoms. The summed E-state index contributed by atoms with van der Waals surface area (Å²) in [5, 5.41) is 29.0. The van der Waals surface area contributed by atoms with E-state index in [1.165, 1.54) is 25.3 Å². The minimum absolute atomic E-state index is 0.0234. The number of aliphatic hydroxyl groups excluding tert-OH is 1. The monoisotopic (exact) mass is 500 g/mol. The number of likely N-dealkylation sites (tertiary alicyclic amines) is 1. The van der Waals surface area contributed by atoms with Crippen LogP contribution in [0.25, 0.3) is 0 Å². The summed E-state index contributed by atoms with van der Waals surface area (Å²) in [6, 6.07) is 9.16. The Bertz CT molecular complexity index is 1250. The number of nitrogens with one attached hydrogen (secondary N) is 2. The van der Waals surface area contributed by atoms with Crippen LogP contribution in [0.3, 0.4) is 0 Å². The number of non-ortho nitro benzene ring substituents is 1. The Morgan fingerprint density at radius 3 is 2.57 bits per heavy atom. The second-order valence-electron chi connectivity index (χ2n) is 8.74. The first-order chi connectivity index (χ1) is 16.7. The fourth-order valence-electron chi connectivity index (χ4n) is 5.43. The summed E-state index contributed by atoms with van der Waals surface area (Å²) in [5.41, 5.74) is -1.14. The lowest BCUT2D eigenvalue weighted by Gasteiger charge is -2.30. The number of halogens is 1. The van der Waals surface area contributed by atoms with E-state index in [1.807, 2.05) is 0 Å². The molecule has 2 aromatic carbocycles. The third-order valence-corrected chi connectivity index (χ3v) is 7.26. The lowest BCUT2D eigenvalue weighted by Crippen LogP contribution is -2.54. The normalized spacial score (nSPS) is 27.8. The highest BCUT2D eigenvalue weighted by atomic mass is 35.5. The minimum Gasteiger partial charge on any atom is -0.387 e. The summed E-state index contributed by atoms with van der Waals surface area (Å²) < 4.78 is 5.04. The summed E-state index contributed by atoms with van der Waals surface area (Å²) >= 11 is 5.97. The van der Waals surface area contributed by atoms with Crippen LogP contribution < -0.4 is 10.6 Å². The van der Waals surface area contributed by atoms with E-state index in [-0.39, 0.29) is 24.4 Å². The maximum atomic E-state index is 13.6. The molecule has 3 heterocycles. The molecule has 0 bridgehead atoms. The Hall–Kier alpha value is -3.38. The van der Waals surface area contributed by atoms with Crippen LogP contribution in [-0.4, -0.2) is 59.0 Å². The number of amides is 3. The van der Waals surface area contributed by atoms with Crippen molar-refractivity contribution >= 4 is 40.7 Å². The fraction of sp³-hybridized carbons (Fsp3) is 0.348. The second-order valence-corrected chi connectivity index (χ2v) is 9.18. The fourth-order valence-corrected chi connectivity index (χ4v) is 5.56. The number of ether oxygens (including phenoxy) is 1. The van der Waals surface area contributed by atoms with Crippen LogP contribution in [0.4, 0.5) is 11.4 Å². The number of carbonyl (C=O) groups is 3. The van der Waals surface area contributed by atoms with Crippen LogP contribution >= 0.6 is 11.6 Å². The first kappa shape index (κ1) is 23.4. The van der Waals surface area contributed by atoms with Gasteiger partial charge in [0.05, 0.1) is 42.1 Å². The van der Waals surface area contributed by atoms with E-state index in [0.717, 1.165) is 4.90 Å². The van der Waals surface area contributed by atoms with Gasteiger partial charge in [-0.2, -0.15) is 0 Å². The molecule has 5 rings (SSSR count). The van der Waals surface area contributed by atoms with Crippen molar-refractivity contribution in [3.63, 3.8) is 0 Å². The van der Waals surface area contributed by atoms with Crippen molar-refractivity contribution < 1.29 is 29.2 Å². The number of methoxy groups -OCH3 is 1. The molecule has 2 fully saturated rings. The van der Waals surface area contributed by atoms with Crippen molar-refractivity contribution in [1.82, 2.24) is 10.2 Å². The van der Waals surface area contributed by atoms with Crippen LogP contribution in [0.1, 0.15) is 17.2 Å². The highest BCUT2D eigenvalue weighted by Gasteiger charge is 2.71. The molecule has 0 aromatic heterocycles. The van der Waals surface area contributed by atoms with Gasteiger partial charge in [-0.3, -0.25) is 34.7 Å². The molecule has 5 atom stereocenters. The smallest absolute Gasteiger partial charge is 0.269 e. The maximum Gasteiger partial charge on any atom is 0.269 e. The quantitative estimate of drug-likeness (QED) is 0.305. The van der Waals surface area contributed by atoms with Gasteiger partial charge in [-0.15, -0.1) is 0 Å². The SMILES string of the molecule is COCCN1C(=O)C2C(C(O)c3ccc(Cl)cc3)NC3(C(=O)Nc4ccc([N+](=O)[O-])cc43)C2C1=O. The van der Waals surface area contributed by atoms with E-state index in [2.05, 4.69) is 10.6 Å². The number of rotatable bonds is 6. The van der Waals surface area contributed by atoms with Gasteiger partial charge < -0.3 is 15.2 Å². The van der Waals surface area contributed by atoms with Crippen molar-refractivity contribution in [2.24, 2.45) is 11.8 Å². The predicted octanol–water partition coefficient (Wildman–Crippen LogP) is 1.35. The standard InChI is InChI=1S/C23H21ClN4O7/c1-35-9-8-27-20(30)16-17(21(27)31)23(26-18(16)19(29)11-2-4-12(24)5-3-11)14-10-13(28(33)34)6-7-15(14)25-22(23)32/h2-7,10,16-19,26,29H,8-9H2,1H3,(H,25,32). The number of aliphatic hydroxyl groups is 1. The van der Waals surface area contributed by atoms with Gasteiger partial charge in [0.15, 0.2) is 0 Å². The van der Waals surface area contributed by atoms with E-state index in [1.54, 1.807) is 24.3 Å². The topological polar surface area (TPSA) is 151 Å². The number of hydrogen-bond donors (Lipinski definition) is 3. The molecule has 2 aromatic rings. The largest absolute Gasteiger partial charge is 0.387 e. The van der Waals surface area contributed by atoms with Gasteiger partial charge in [-0.25, -0.2) is 0 Å². The number of nitro benzene ring substituents is 1. The molecule has 3 aliphatic rings. The summed E-state index contributed by atoms with van der Waals surface area (Å²) in [5.74, 6) is -4.09. The molecule has 3 amide bonds. The van der Waals surface area contributed by atoms with Crippen LogP contribution in [0.5, 0.6) is 0 Å². The average molecular weight is 501 g/mol. The number of carbonyl (C=O) groups excluding carboxylic acids is 3. The Labute approximate surface area is 204 Å². The predicted molar refractivity (Wildman–Crippen MR) is 122 cm³/mol. The highest BCUT2D eigenvalue weighted by molar-refractivity contribution is 6.30. The second kappa shape index (κ2) is 8.38. The average Bonchev–Trinajstić information content (AvgIpc) is 3.42. The van der Waals surface area contributed by atoms with Gasteiger partial charge in [0, 0.05) is 35.5 Å². The molecule has 2 saturated heterocycles. The Morgan fingerprint density at radius 1 is 1.20 bits per heavy atom. The molecule has 12 heteroatoms. The molecule has 1 spiro atoms. The van der Waals surface area contributed by atoms with E-state index >= 15 is 0 Å². The molecule has 3 aliphatic heterocycles. The lowest BCUT2D eigenvalue weighted by atomic mass is 9.76. The lowest BCUT2D eigenvalue weighted by molar-refractivity contribution is -0.384. The Balaban J connectivity index is 1.66. The zero-order valence-corrected chi connectivity index (χ0v) is 19.2. The van der Waals surface area contributed by atoms with Gasteiger partial charge >= 0.3 is 0 Å². The Morgan fingerprint density at radius 2 is 1.91 bits per heavy atom. The number of imide groups is 1. The molecule has 5 unspecified atom stereocenters. The number of fused-ring (bicyclic) bond motifs is 4. The number of nitrogens with zero attached hydrogens (tertiary/aromatic N) is 2. The molecule has 0 saturated carbocycles. The van der Waals surface area contributed by atoms with Gasteiger partial charge in [-0.1, -0.05) is 23.7 Å². The summed E-state index contributed by atoms with van der Waals surface area (Å²) in [4.78, 5) is 52.4. The highest BCUT2D eigenvalue weighted by Crippen LogP contribution is 2.55. The summed E-state index contributed by atoms with van der Waals surface area (Å²) in [6.07, 6.45) is -1.28. The molecule has 0 aliphatic carbocycles. The van der Waals surface area contributed by atoms with Gasteiger partial charge in [0.25, 0.3) is 5.69 Å². The molecule has 3 N–H and O–H groups in total. The van der Waals surface area contributed by atoms with E-state index in [9.17, 15) is 29.6 Å². The summed E-state index contributed by atoms with van der Waals surface area (Å²) in [6.45, 7) is 0.0699. The van der Waals surface area contributed by atoms with E-state index in [0.29, 0.717) is 16.3 Å². The van der Waals surface area contributed by atoms with Crippen molar-refractivity contribution in [2.45, 2.75) is 17.7 Å². The zero-order chi connectivity index (χ0) is 25.1. The molecular formula is C23H21ClN4O7. The van der Waals surface area contributed by atoms with Crippen LogP contribution in [-0.2, 0) is 24.7 Å². The molecular weight excluding hydrogens is 480 g/mol.